The Morgan fingerprint density at radius 2 is 1.64 bits per heavy atom. The minimum absolute atomic E-state index is 0.0777. The lowest BCUT2D eigenvalue weighted by Gasteiger charge is -2.13. The van der Waals surface area contributed by atoms with Crippen molar-refractivity contribution >= 4 is 21.9 Å². The summed E-state index contributed by atoms with van der Waals surface area (Å²) in [5.74, 6) is 1.24. The van der Waals surface area contributed by atoms with Gasteiger partial charge in [0.15, 0.2) is 0 Å². The van der Waals surface area contributed by atoms with E-state index in [-0.39, 0.29) is 5.57 Å². The summed E-state index contributed by atoms with van der Waals surface area (Å²) in [6.07, 6.45) is 7.85. The lowest BCUT2D eigenvalue weighted by Crippen LogP contribution is -2.07. The Balaban J connectivity index is 0.000000696. The van der Waals surface area contributed by atoms with Crippen LogP contribution in [0.5, 0.6) is 0 Å². The summed E-state index contributed by atoms with van der Waals surface area (Å²) in [5.41, 5.74) is 2.82. The number of rotatable bonds is 3. The molecule has 0 atom stereocenters. The maximum absolute atomic E-state index is 9.19. The van der Waals surface area contributed by atoms with E-state index in [1.807, 2.05) is 67.6 Å². The maximum atomic E-state index is 9.19. The number of benzene rings is 1. The van der Waals surface area contributed by atoms with Crippen LogP contribution in [0.15, 0.2) is 65.2 Å². The number of anilines is 1. The van der Waals surface area contributed by atoms with Gasteiger partial charge in [0, 0.05) is 25.4 Å². The molecule has 28 heavy (non-hydrogen) atoms. The average Bonchev–Trinajstić information content (AvgIpc) is 2.59. The van der Waals surface area contributed by atoms with Crippen molar-refractivity contribution in [3.63, 3.8) is 0 Å². The second-order valence-corrected chi connectivity index (χ2v) is 7.48. The van der Waals surface area contributed by atoms with E-state index in [9.17, 15) is 8.42 Å². The Bertz CT molecular complexity index is 993. The van der Waals surface area contributed by atoms with Gasteiger partial charge in [0.25, 0.3) is 10.1 Å². The highest BCUT2D eigenvalue weighted by Gasteiger charge is 2.10. The molecule has 0 radical (unpaired) electrons. The van der Waals surface area contributed by atoms with Crippen molar-refractivity contribution in [1.29, 1.82) is 10.5 Å². The third-order valence-electron chi connectivity index (χ3n) is 3.30. The van der Waals surface area contributed by atoms with E-state index < -0.39 is 10.1 Å². The SMILES string of the molecule is CC1=CC(=C(C#N)C#N)C=C(/C=C/c2ccc(N(C)C)cc2)O1.CS(=O)(=O)O. The highest BCUT2D eigenvalue weighted by atomic mass is 32.2. The molecule has 0 amide bonds. The molecule has 0 aliphatic carbocycles. The first-order valence-corrected chi connectivity index (χ1v) is 9.88. The average molecular weight is 399 g/mol. The molecule has 1 N–H and O–H groups in total. The molecule has 0 unspecified atom stereocenters. The van der Waals surface area contributed by atoms with Crippen molar-refractivity contribution < 1.29 is 17.7 Å². The number of ether oxygens (including phenoxy) is 1. The smallest absolute Gasteiger partial charge is 0.261 e. The first kappa shape index (κ1) is 22.7. The molecular formula is C20H21N3O4S. The molecule has 1 aliphatic rings. The highest BCUT2D eigenvalue weighted by molar-refractivity contribution is 7.85. The predicted molar refractivity (Wildman–Crippen MR) is 108 cm³/mol. The highest BCUT2D eigenvalue weighted by Crippen LogP contribution is 2.23. The Kier molecular flexibility index (Phi) is 8.21. The summed E-state index contributed by atoms with van der Waals surface area (Å²) in [6.45, 7) is 1.79. The molecule has 146 valence electrons. The summed E-state index contributed by atoms with van der Waals surface area (Å²) in [6, 6.07) is 11.9. The predicted octanol–water partition coefficient (Wildman–Crippen LogP) is 3.43. The second kappa shape index (κ2) is 10.1. The third kappa shape index (κ3) is 8.37. The zero-order valence-electron chi connectivity index (χ0n) is 16.0. The van der Waals surface area contributed by atoms with Crippen molar-refractivity contribution in [3.05, 3.63) is 70.7 Å². The summed E-state index contributed by atoms with van der Waals surface area (Å²) in [7, 11) is 0.326. The number of allylic oxidation sites excluding steroid dienone is 6. The quantitative estimate of drug-likeness (QED) is 0.611. The molecule has 0 bridgehead atoms. The molecule has 1 aliphatic heterocycles. The van der Waals surface area contributed by atoms with Crippen LogP contribution in [-0.4, -0.2) is 33.3 Å². The fraction of sp³-hybridized carbons (Fsp3) is 0.200. The van der Waals surface area contributed by atoms with Gasteiger partial charge in [-0.2, -0.15) is 18.9 Å². The first-order valence-electron chi connectivity index (χ1n) is 8.03. The monoisotopic (exact) mass is 399 g/mol. The maximum Gasteiger partial charge on any atom is 0.261 e. The van der Waals surface area contributed by atoms with Crippen molar-refractivity contribution in [2.24, 2.45) is 0 Å². The molecule has 0 aromatic heterocycles. The topological polar surface area (TPSA) is 114 Å². The molecule has 0 saturated heterocycles. The van der Waals surface area contributed by atoms with Crippen molar-refractivity contribution in [2.45, 2.75) is 6.92 Å². The molecule has 0 spiro atoms. The lowest BCUT2D eigenvalue weighted by atomic mass is 10.1. The van der Waals surface area contributed by atoms with Crippen LogP contribution >= 0.6 is 0 Å². The minimum atomic E-state index is -3.67. The van der Waals surface area contributed by atoms with Gasteiger partial charge in [-0.25, -0.2) is 0 Å². The largest absolute Gasteiger partial charge is 0.462 e. The lowest BCUT2D eigenvalue weighted by molar-refractivity contribution is 0.318. The fourth-order valence-electron chi connectivity index (χ4n) is 2.10. The summed E-state index contributed by atoms with van der Waals surface area (Å²) in [4.78, 5) is 2.04. The van der Waals surface area contributed by atoms with Crippen LogP contribution in [0.1, 0.15) is 12.5 Å². The zero-order chi connectivity index (χ0) is 21.3. The molecule has 1 aromatic carbocycles. The molecule has 0 saturated carbocycles. The van der Waals surface area contributed by atoms with Gasteiger partial charge < -0.3 is 9.64 Å². The Morgan fingerprint density at radius 3 is 2.11 bits per heavy atom. The first-order chi connectivity index (χ1) is 13.0. The summed E-state index contributed by atoms with van der Waals surface area (Å²) < 4.78 is 31.5. The van der Waals surface area contributed by atoms with Crippen molar-refractivity contribution in [1.82, 2.24) is 0 Å². The Hall–Kier alpha value is -3.33. The van der Waals surface area contributed by atoms with E-state index in [1.54, 1.807) is 19.1 Å². The Labute approximate surface area is 165 Å². The van der Waals surface area contributed by atoms with Crippen LogP contribution in [0.2, 0.25) is 0 Å². The van der Waals surface area contributed by atoms with Gasteiger partial charge in [0.05, 0.1) is 6.26 Å². The zero-order valence-corrected chi connectivity index (χ0v) is 16.9. The van der Waals surface area contributed by atoms with Crippen molar-refractivity contribution in [2.75, 3.05) is 25.3 Å². The summed E-state index contributed by atoms with van der Waals surface area (Å²) in [5, 5.41) is 18.0. The van der Waals surface area contributed by atoms with Gasteiger partial charge in [-0.15, -0.1) is 0 Å². The molecule has 2 rings (SSSR count). The number of hydrogen-bond acceptors (Lipinski definition) is 6. The number of nitrogens with zero attached hydrogens (tertiary/aromatic N) is 3. The molecular weight excluding hydrogens is 378 g/mol. The molecule has 8 heteroatoms. The van der Waals surface area contributed by atoms with Crippen LogP contribution in [0.25, 0.3) is 6.08 Å². The van der Waals surface area contributed by atoms with E-state index in [1.165, 1.54) is 0 Å². The van der Waals surface area contributed by atoms with Crippen LogP contribution in [0.3, 0.4) is 0 Å². The van der Waals surface area contributed by atoms with E-state index in [4.69, 9.17) is 19.8 Å². The molecule has 1 aromatic rings. The van der Waals surface area contributed by atoms with Crippen LogP contribution < -0.4 is 4.90 Å². The van der Waals surface area contributed by atoms with Gasteiger partial charge in [-0.05, 0) is 42.8 Å². The van der Waals surface area contributed by atoms with Gasteiger partial charge in [-0.3, -0.25) is 4.55 Å². The molecule has 1 heterocycles. The normalized spacial score (nSPS) is 13.2. The van der Waals surface area contributed by atoms with Crippen LogP contribution in [-0.2, 0) is 14.9 Å². The fourth-order valence-corrected chi connectivity index (χ4v) is 2.10. The van der Waals surface area contributed by atoms with Gasteiger partial charge >= 0.3 is 0 Å². The Morgan fingerprint density at radius 1 is 1.11 bits per heavy atom. The van der Waals surface area contributed by atoms with E-state index in [2.05, 4.69) is 0 Å². The molecule has 7 nitrogen and oxygen atoms in total. The van der Waals surface area contributed by atoms with Crippen LogP contribution in [0, 0.1) is 22.7 Å². The minimum Gasteiger partial charge on any atom is -0.462 e. The number of nitriles is 2. The van der Waals surface area contributed by atoms with Gasteiger partial charge in [0.1, 0.15) is 29.2 Å². The van der Waals surface area contributed by atoms with Crippen LogP contribution in [0.4, 0.5) is 5.69 Å². The van der Waals surface area contributed by atoms with E-state index >= 15 is 0 Å². The van der Waals surface area contributed by atoms with E-state index in [0.717, 1.165) is 11.3 Å². The van der Waals surface area contributed by atoms with Gasteiger partial charge in [-0.1, -0.05) is 18.2 Å². The molecule has 0 fully saturated rings. The standard InChI is InChI=1S/C19H17N3O.CH4O3S/c1-14-10-16(17(12-20)13-21)11-19(23-14)9-6-15-4-7-18(8-5-15)22(2)3;1-5(2,3)4/h4-11H,1-3H3;1H3,(H,2,3,4)/b9-6+;. The van der Waals surface area contributed by atoms with E-state index in [0.29, 0.717) is 23.3 Å². The third-order valence-corrected chi connectivity index (χ3v) is 3.30. The summed E-state index contributed by atoms with van der Waals surface area (Å²) >= 11 is 0. The second-order valence-electron chi connectivity index (χ2n) is 6.01. The number of hydrogen-bond donors (Lipinski definition) is 1. The van der Waals surface area contributed by atoms with Gasteiger partial charge in [0.2, 0.25) is 0 Å². The van der Waals surface area contributed by atoms with Crippen molar-refractivity contribution in [3.8, 4) is 12.1 Å².